The molecule has 0 radical (unpaired) electrons. The third kappa shape index (κ3) is 4.64. The monoisotopic (exact) mass is 364 g/mol. The topological polar surface area (TPSA) is 32.3 Å². The van der Waals surface area contributed by atoms with Crippen molar-refractivity contribution in [3.05, 3.63) is 64.4 Å². The van der Waals surface area contributed by atoms with Crippen LogP contribution in [-0.2, 0) is 11.3 Å². The number of carbonyl (C=O) groups excluding carboxylic acids is 1. The van der Waals surface area contributed by atoms with Gasteiger partial charge in [-0.15, -0.1) is 0 Å². The molecule has 1 N–H and O–H groups in total. The maximum atomic E-state index is 13.2. The summed E-state index contributed by atoms with van der Waals surface area (Å²) in [6.07, 6.45) is 0. The van der Waals surface area contributed by atoms with Gasteiger partial charge in [0.15, 0.2) is 0 Å². The van der Waals surface area contributed by atoms with E-state index in [1.807, 2.05) is 49.2 Å². The van der Waals surface area contributed by atoms with Gasteiger partial charge >= 0.3 is 0 Å². The summed E-state index contributed by atoms with van der Waals surface area (Å²) in [5.41, 5.74) is 1.59. The highest BCUT2D eigenvalue weighted by atomic mass is 79.9. The molecule has 0 spiro atoms. The lowest BCUT2D eigenvalue weighted by Crippen LogP contribution is -2.39. The van der Waals surface area contributed by atoms with Gasteiger partial charge in [0.25, 0.3) is 0 Å². The predicted octanol–water partition coefficient (Wildman–Crippen LogP) is 4.05. The van der Waals surface area contributed by atoms with Crippen LogP contribution < -0.4 is 5.32 Å². The first-order valence-corrected chi connectivity index (χ1v) is 7.76. The highest BCUT2D eigenvalue weighted by Crippen LogP contribution is 2.15. The molecule has 22 heavy (non-hydrogen) atoms. The van der Waals surface area contributed by atoms with Gasteiger partial charge in [-0.25, -0.2) is 4.39 Å². The number of halogens is 2. The fourth-order valence-electron chi connectivity index (χ4n) is 2.04. The van der Waals surface area contributed by atoms with Crippen molar-refractivity contribution < 1.29 is 9.18 Å². The Balaban J connectivity index is 1.95. The summed E-state index contributed by atoms with van der Waals surface area (Å²) in [7, 11) is 1.84. The maximum absolute atomic E-state index is 13.2. The summed E-state index contributed by atoms with van der Waals surface area (Å²) in [6, 6.07) is 13.5. The third-order valence-electron chi connectivity index (χ3n) is 3.47. The minimum absolute atomic E-state index is 0.0961. The number of amides is 1. The number of hydrogen-bond donors (Lipinski definition) is 1. The highest BCUT2D eigenvalue weighted by molar-refractivity contribution is 9.10. The van der Waals surface area contributed by atoms with Gasteiger partial charge in [-0.1, -0.05) is 28.1 Å². The number of benzene rings is 2. The van der Waals surface area contributed by atoms with Gasteiger partial charge in [0.1, 0.15) is 5.82 Å². The molecule has 0 aromatic heterocycles. The van der Waals surface area contributed by atoms with Crippen LogP contribution in [-0.4, -0.2) is 23.9 Å². The zero-order valence-electron chi connectivity index (χ0n) is 12.5. The van der Waals surface area contributed by atoms with Crippen molar-refractivity contribution in [3.63, 3.8) is 0 Å². The highest BCUT2D eigenvalue weighted by Gasteiger charge is 2.18. The first kappa shape index (κ1) is 16.6. The van der Waals surface area contributed by atoms with E-state index in [9.17, 15) is 9.18 Å². The van der Waals surface area contributed by atoms with Crippen LogP contribution in [0.15, 0.2) is 53.0 Å². The number of anilines is 1. The molecule has 0 unspecified atom stereocenters. The molecular formula is C17H18BrFN2O. The summed E-state index contributed by atoms with van der Waals surface area (Å²) in [4.78, 5) is 14.1. The van der Waals surface area contributed by atoms with E-state index in [0.29, 0.717) is 6.54 Å². The van der Waals surface area contributed by atoms with E-state index in [-0.39, 0.29) is 17.8 Å². The molecule has 0 aliphatic carbocycles. The molecular weight excluding hydrogens is 347 g/mol. The fraction of sp³-hybridized carbons (Fsp3) is 0.235. The van der Waals surface area contributed by atoms with E-state index < -0.39 is 0 Å². The Morgan fingerprint density at radius 1 is 1.27 bits per heavy atom. The molecule has 2 aromatic carbocycles. The van der Waals surface area contributed by atoms with Gasteiger partial charge in [-0.3, -0.25) is 9.69 Å². The Labute approximate surface area is 138 Å². The van der Waals surface area contributed by atoms with Crippen molar-refractivity contribution in [1.82, 2.24) is 4.90 Å². The second kappa shape index (κ2) is 7.51. The van der Waals surface area contributed by atoms with Crippen molar-refractivity contribution in [3.8, 4) is 0 Å². The Bertz CT molecular complexity index is 645. The minimum atomic E-state index is -0.327. The molecule has 2 aromatic rings. The molecule has 1 atom stereocenters. The average molecular weight is 365 g/mol. The Morgan fingerprint density at radius 2 is 1.95 bits per heavy atom. The van der Waals surface area contributed by atoms with Gasteiger partial charge in [0, 0.05) is 16.7 Å². The van der Waals surface area contributed by atoms with E-state index in [1.165, 1.54) is 12.1 Å². The van der Waals surface area contributed by atoms with Crippen molar-refractivity contribution >= 4 is 27.5 Å². The van der Waals surface area contributed by atoms with E-state index >= 15 is 0 Å². The average Bonchev–Trinajstić information content (AvgIpc) is 2.48. The largest absolute Gasteiger partial charge is 0.325 e. The van der Waals surface area contributed by atoms with Crippen molar-refractivity contribution in [2.24, 2.45) is 0 Å². The number of likely N-dealkylation sites (N-methyl/N-ethyl adjacent to an activating group) is 1. The Morgan fingerprint density at radius 3 is 2.59 bits per heavy atom. The van der Waals surface area contributed by atoms with Gasteiger partial charge in [-0.05, 0) is 55.9 Å². The lowest BCUT2D eigenvalue weighted by Gasteiger charge is -2.24. The maximum Gasteiger partial charge on any atom is 0.241 e. The van der Waals surface area contributed by atoms with Crippen LogP contribution in [0.4, 0.5) is 10.1 Å². The lowest BCUT2D eigenvalue weighted by molar-refractivity contribution is -0.120. The standard InChI is InChI=1S/C17H18BrFN2O/c1-12(17(22)20-16-8-6-14(18)7-9-16)21(2)11-13-4-3-5-15(19)10-13/h3-10,12H,11H2,1-2H3,(H,20,22)/t12-/m0/s1. The van der Waals surface area contributed by atoms with Crippen molar-refractivity contribution in [2.75, 3.05) is 12.4 Å². The molecule has 0 saturated heterocycles. The molecule has 0 aliphatic heterocycles. The first-order chi connectivity index (χ1) is 10.5. The van der Waals surface area contributed by atoms with E-state index in [2.05, 4.69) is 21.2 Å². The molecule has 1 amide bonds. The van der Waals surface area contributed by atoms with Gasteiger partial charge in [0.2, 0.25) is 5.91 Å². The molecule has 0 saturated carbocycles. The molecule has 0 heterocycles. The number of hydrogen-bond acceptors (Lipinski definition) is 2. The van der Waals surface area contributed by atoms with Crippen LogP contribution >= 0.6 is 15.9 Å². The smallest absolute Gasteiger partial charge is 0.241 e. The van der Waals surface area contributed by atoms with Crippen molar-refractivity contribution in [1.29, 1.82) is 0 Å². The summed E-state index contributed by atoms with van der Waals surface area (Å²) in [5.74, 6) is -0.362. The Kier molecular flexibility index (Phi) is 5.69. The predicted molar refractivity (Wildman–Crippen MR) is 90.1 cm³/mol. The molecule has 2 rings (SSSR count). The van der Waals surface area contributed by atoms with Crippen LogP contribution in [0.3, 0.4) is 0 Å². The summed E-state index contributed by atoms with van der Waals surface area (Å²) < 4.78 is 14.2. The van der Waals surface area contributed by atoms with Crippen LogP contribution in [0.1, 0.15) is 12.5 Å². The molecule has 0 fully saturated rings. The number of nitrogens with one attached hydrogen (secondary N) is 1. The number of carbonyl (C=O) groups is 1. The van der Waals surface area contributed by atoms with Crippen LogP contribution in [0, 0.1) is 5.82 Å². The van der Waals surface area contributed by atoms with E-state index in [0.717, 1.165) is 15.7 Å². The van der Waals surface area contributed by atoms with Crippen LogP contribution in [0.25, 0.3) is 0 Å². The van der Waals surface area contributed by atoms with Crippen LogP contribution in [0.2, 0.25) is 0 Å². The second-order valence-electron chi connectivity index (χ2n) is 5.22. The molecule has 3 nitrogen and oxygen atoms in total. The SMILES string of the molecule is C[C@@H](C(=O)Nc1ccc(Br)cc1)N(C)Cc1cccc(F)c1. The number of nitrogens with zero attached hydrogens (tertiary/aromatic N) is 1. The fourth-order valence-corrected chi connectivity index (χ4v) is 2.30. The normalized spacial score (nSPS) is 12.2. The third-order valence-corrected chi connectivity index (χ3v) is 4.00. The summed E-state index contributed by atoms with van der Waals surface area (Å²) in [6.45, 7) is 2.33. The van der Waals surface area contributed by atoms with Gasteiger partial charge < -0.3 is 5.32 Å². The second-order valence-corrected chi connectivity index (χ2v) is 6.13. The van der Waals surface area contributed by atoms with E-state index in [1.54, 1.807) is 6.07 Å². The van der Waals surface area contributed by atoms with Gasteiger partial charge in [-0.2, -0.15) is 0 Å². The lowest BCUT2D eigenvalue weighted by atomic mass is 10.2. The zero-order chi connectivity index (χ0) is 16.1. The van der Waals surface area contributed by atoms with Crippen molar-refractivity contribution in [2.45, 2.75) is 19.5 Å². The zero-order valence-corrected chi connectivity index (χ0v) is 14.1. The number of rotatable bonds is 5. The molecule has 0 aliphatic rings. The summed E-state index contributed by atoms with van der Waals surface area (Å²) in [5, 5.41) is 2.87. The molecule has 5 heteroatoms. The molecule has 0 bridgehead atoms. The Hall–Kier alpha value is -1.72. The quantitative estimate of drug-likeness (QED) is 0.867. The molecule has 116 valence electrons. The summed E-state index contributed by atoms with van der Waals surface area (Å²) >= 11 is 3.36. The van der Waals surface area contributed by atoms with E-state index in [4.69, 9.17) is 0 Å². The first-order valence-electron chi connectivity index (χ1n) is 6.97. The minimum Gasteiger partial charge on any atom is -0.325 e. The van der Waals surface area contributed by atoms with Gasteiger partial charge in [0.05, 0.1) is 6.04 Å². The van der Waals surface area contributed by atoms with Crippen LogP contribution in [0.5, 0.6) is 0 Å².